The lowest BCUT2D eigenvalue weighted by Crippen LogP contribution is -1.95. The molecule has 0 bridgehead atoms. The molecule has 0 aromatic carbocycles. The van der Waals surface area contributed by atoms with Crippen LogP contribution in [-0.2, 0) is 0 Å². The maximum absolute atomic E-state index is 4.37. The van der Waals surface area contributed by atoms with Crippen LogP contribution in [0.15, 0.2) is 0 Å². The van der Waals surface area contributed by atoms with E-state index in [-0.39, 0.29) is 0 Å². The van der Waals surface area contributed by atoms with Gasteiger partial charge in [0.05, 0.1) is 0 Å². The number of rotatable bonds is 21. The topological polar surface area (TPSA) is 0 Å². The molecule has 1 radical (unpaired) electrons. The summed E-state index contributed by atoms with van der Waals surface area (Å²) in [4.78, 5) is 0. The van der Waals surface area contributed by atoms with E-state index in [4.69, 9.17) is 0 Å². The molecule has 0 heterocycles. The summed E-state index contributed by atoms with van der Waals surface area (Å²) in [6.07, 6.45) is 30.2. The fourth-order valence-corrected chi connectivity index (χ4v) is 3.81. The van der Waals surface area contributed by atoms with E-state index in [0.717, 1.165) is 5.92 Å². The molecule has 1 unspecified atom stereocenters. The van der Waals surface area contributed by atoms with E-state index in [1.807, 2.05) is 0 Å². The van der Waals surface area contributed by atoms with Crippen molar-refractivity contribution in [3.05, 3.63) is 6.92 Å². The highest BCUT2D eigenvalue weighted by molar-refractivity contribution is 4.62. The molecule has 25 heavy (non-hydrogen) atoms. The van der Waals surface area contributed by atoms with Crippen molar-refractivity contribution < 1.29 is 0 Å². The van der Waals surface area contributed by atoms with Crippen molar-refractivity contribution in [2.24, 2.45) is 5.92 Å². The first-order valence-electron chi connectivity index (χ1n) is 12.1. The fourth-order valence-electron chi connectivity index (χ4n) is 3.81. The van der Waals surface area contributed by atoms with Gasteiger partial charge in [0.1, 0.15) is 0 Å². The molecule has 0 aliphatic heterocycles. The Balaban J connectivity index is 3.09. The van der Waals surface area contributed by atoms with E-state index in [1.54, 1.807) is 0 Å². The quantitative estimate of drug-likeness (QED) is 0.180. The zero-order valence-electron chi connectivity index (χ0n) is 18.1. The van der Waals surface area contributed by atoms with Crippen LogP contribution in [0.4, 0.5) is 0 Å². The first kappa shape index (κ1) is 25.0. The Bertz CT molecular complexity index is 220. The van der Waals surface area contributed by atoms with Crippen molar-refractivity contribution in [3.8, 4) is 0 Å². The van der Waals surface area contributed by atoms with Gasteiger partial charge >= 0.3 is 0 Å². The van der Waals surface area contributed by atoms with E-state index in [9.17, 15) is 0 Å². The van der Waals surface area contributed by atoms with Gasteiger partial charge in [0, 0.05) is 0 Å². The molecule has 0 spiro atoms. The molecule has 151 valence electrons. The second-order valence-electron chi connectivity index (χ2n) is 8.45. The average molecular weight is 352 g/mol. The Morgan fingerprint density at radius 2 is 0.640 bits per heavy atom. The van der Waals surface area contributed by atoms with Gasteiger partial charge in [-0.25, -0.2) is 0 Å². The largest absolute Gasteiger partial charge is 0.0654 e. The highest BCUT2D eigenvalue weighted by atomic mass is 14.1. The molecule has 0 saturated carbocycles. The van der Waals surface area contributed by atoms with E-state index in [2.05, 4.69) is 20.8 Å². The van der Waals surface area contributed by atoms with Gasteiger partial charge in [-0.05, 0) is 5.92 Å². The summed E-state index contributed by atoms with van der Waals surface area (Å²) < 4.78 is 0. The van der Waals surface area contributed by atoms with Crippen LogP contribution in [0.1, 0.15) is 149 Å². The second kappa shape index (κ2) is 22.0. The summed E-state index contributed by atoms with van der Waals surface area (Å²) in [5.41, 5.74) is 0. The summed E-state index contributed by atoms with van der Waals surface area (Å²) in [6, 6.07) is 0. The van der Waals surface area contributed by atoms with Gasteiger partial charge in [0.25, 0.3) is 0 Å². The summed E-state index contributed by atoms with van der Waals surface area (Å²) >= 11 is 0. The third-order valence-electron chi connectivity index (χ3n) is 5.68. The maximum atomic E-state index is 4.37. The molecule has 0 aliphatic rings. The van der Waals surface area contributed by atoms with Gasteiger partial charge in [-0.1, -0.05) is 156 Å². The van der Waals surface area contributed by atoms with Crippen LogP contribution in [0.3, 0.4) is 0 Å². The van der Waals surface area contributed by atoms with Crippen molar-refractivity contribution >= 4 is 0 Å². The van der Waals surface area contributed by atoms with Gasteiger partial charge in [-0.2, -0.15) is 0 Å². The predicted octanol–water partition coefficient (Wildman–Crippen LogP) is 9.67. The smallest absolute Gasteiger partial charge is 0.0414 e. The Morgan fingerprint density at radius 3 is 0.920 bits per heavy atom. The molecule has 0 fully saturated rings. The van der Waals surface area contributed by atoms with E-state index < -0.39 is 0 Å². The van der Waals surface area contributed by atoms with Gasteiger partial charge in [0.15, 0.2) is 0 Å². The molecule has 0 heteroatoms. The molecule has 0 N–H and O–H groups in total. The molecule has 0 rings (SSSR count). The minimum Gasteiger partial charge on any atom is -0.0654 e. The standard InChI is InChI=1S/C25H51/c1-4-6-8-10-12-13-14-15-16-17-18-20-22-24-25(3)23-21-19-11-9-7-5-2/h25H,3-24H2,1-2H3. The Morgan fingerprint density at radius 1 is 0.400 bits per heavy atom. The minimum atomic E-state index is 0.721. The lowest BCUT2D eigenvalue weighted by atomic mass is 9.96. The molecule has 0 aromatic heterocycles. The highest BCUT2D eigenvalue weighted by Gasteiger charge is 2.02. The van der Waals surface area contributed by atoms with Crippen LogP contribution in [-0.4, -0.2) is 0 Å². The summed E-state index contributed by atoms with van der Waals surface area (Å²) in [5.74, 6) is 0.721. The molecule has 0 amide bonds. The van der Waals surface area contributed by atoms with E-state index in [0.29, 0.717) is 0 Å². The molecule has 1 atom stereocenters. The Labute approximate surface area is 161 Å². The third-order valence-corrected chi connectivity index (χ3v) is 5.68. The first-order chi connectivity index (χ1) is 12.3. The van der Waals surface area contributed by atoms with Crippen LogP contribution in [0.5, 0.6) is 0 Å². The van der Waals surface area contributed by atoms with Crippen molar-refractivity contribution in [3.63, 3.8) is 0 Å². The summed E-state index contributed by atoms with van der Waals surface area (Å²) in [5, 5.41) is 0. The van der Waals surface area contributed by atoms with Gasteiger partial charge < -0.3 is 0 Å². The third kappa shape index (κ3) is 22.0. The van der Waals surface area contributed by atoms with Gasteiger partial charge in [-0.15, -0.1) is 0 Å². The number of unbranched alkanes of at least 4 members (excludes halogenated alkanes) is 17. The SMILES string of the molecule is [CH2]C(CCCCCCCC)CCCCCCCCCCCCCCC. The minimum absolute atomic E-state index is 0.721. The van der Waals surface area contributed by atoms with Crippen LogP contribution >= 0.6 is 0 Å². The first-order valence-corrected chi connectivity index (χ1v) is 12.1. The van der Waals surface area contributed by atoms with Crippen LogP contribution in [0.25, 0.3) is 0 Å². The molecular weight excluding hydrogens is 300 g/mol. The zero-order valence-corrected chi connectivity index (χ0v) is 18.1. The zero-order chi connectivity index (χ0) is 18.4. The summed E-state index contributed by atoms with van der Waals surface area (Å²) in [7, 11) is 0. The Hall–Kier alpha value is 0. The molecular formula is C25H51. The lowest BCUT2D eigenvalue weighted by molar-refractivity contribution is 0.461. The predicted molar refractivity (Wildman–Crippen MR) is 117 cm³/mol. The van der Waals surface area contributed by atoms with Crippen LogP contribution in [0, 0.1) is 12.8 Å². The monoisotopic (exact) mass is 351 g/mol. The van der Waals surface area contributed by atoms with Crippen molar-refractivity contribution in [2.75, 3.05) is 0 Å². The van der Waals surface area contributed by atoms with Gasteiger partial charge in [-0.3, -0.25) is 0 Å². The molecule has 0 aliphatic carbocycles. The van der Waals surface area contributed by atoms with Crippen molar-refractivity contribution in [2.45, 2.75) is 149 Å². The molecule has 0 nitrogen and oxygen atoms in total. The lowest BCUT2D eigenvalue weighted by Gasteiger charge is -2.11. The normalized spacial score (nSPS) is 12.6. The highest BCUT2D eigenvalue weighted by Crippen LogP contribution is 2.18. The molecule has 0 saturated heterocycles. The van der Waals surface area contributed by atoms with E-state index >= 15 is 0 Å². The van der Waals surface area contributed by atoms with E-state index in [1.165, 1.54) is 135 Å². The number of hydrogen-bond donors (Lipinski definition) is 0. The molecule has 0 aromatic rings. The van der Waals surface area contributed by atoms with Crippen LogP contribution in [0.2, 0.25) is 0 Å². The fraction of sp³-hybridized carbons (Fsp3) is 0.960. The van der Waals surface area contributed by atoms with Gasteiger partial charge in [0.2, 0.25) is 0 Å². The van der Waals surface area contributed by atoms with Crippen LogP contribution < -0.4 is 0 Å². The number of hydrogen-bond acceptors (Lipinski definition) is 0. The van der Waals surface area contributed by atoms with Crippen molar-refractivity contribution in [1.29, 1.82) is 0 Å². The average Bonchev–Trinajstić information content (AvgIpc) is 2.62. The second-order valence-corrected chi connectivity index (χ2v) is 8.45. The summed E-state index contributed by atoms with van der Waals surface area (Å²) in [6.45, 7) is 8.96. The van der Waals surface area contributed by atoms with Crippen molar-refractivity contribution in [1.82, 2.24) is 0 Å². The Kier molecular flexibility index (Phi) is 22.0. The maximum Gasteiger partial charge on any atom is -0.0414 e.